The first-order valence-electron chi connectivity index (χ1n) is 15.2. The van der Waals surface area contributed by atoms with E-state index in [-0.39, 0.29) is 10.8 Å². The number of thiophene rings is 1. The van der Waals surface area contributed by atoms with Gasteiger partial charge < -0.3 is 0 Å². The molecule has 3 aliphatic rings. The van der Waals surface area contributed by atoms with Crippen molar-refractivity contribution < 1.29 is 0 Å². The van der Waals surface area contributed by atoms with Crippen molar-refractivity contribution in [3.63, 3.8) is 0 Å². The van der Waals surface area contributed by atoms with Gasteiger partial charge in [0.05, 0.1) is 5.41 Å². The van der Waals surface area contributed by atoms with Crippen molar-refractivity contribution in [1.82, 2.24) is 0 Å². The maximum absolute atomic E-state index is 2.55. The average molecular weight is 565 g/mol. The van der Waals surface area contributed by atoms with Gasteiger partial charge in [0, 0.05) is 15.2 Å². The van der Waals surface area contributed by atoms with E-state index in [9.17, 15) is 0 Å². The maximum Gasteiger partial charge on any atom is 0.0719 e. The van der Waals surface area contributed by atoms with Crippen molar-refractivity contribution in [2.24, 2.45) is 0 Å². The summed E-state index contributed by atoms with van der Waals surface area (Å²) < 4.78 is 0. The minimum absolute atomic E-state index is 0.280. The van der Waals surface area contributed by atoms with Crippen molar-refractivity contribution in [2.75, 3.05) is 0 Å². The fourth-order valence-electron chi connectivity index (χ4n) is 9.05. The molecule has 0 saturated carbocycles. The Bertz CT molecular complexity index is 2320. The molecule has 2 atom stereocenters. The minimum Gasteiger partial charge on any atom is -0.141 e. The first-order valence-corrected chi connectivity index (χ1v) is 16.0. The van der Waals surface area contributed by atoms with Gasteiger partial charge in [-0.3, -0.25) is 0 Å². The third-order valence-corrected chi connectivity index (χ3v) is 11.7. The third kappa shape index (κ3) is 2.65. The van der Waals surface area contributed by atoms with Gasteiger partial charge in [0.25, 0.3) is 0 Å². The summed E-state index contributed by atoms with van der Waals surface area (Å²) in [7, 11) is 0. The molecule has 1 heteroatoms. The highest BCUT2D eigenvalue weighted by molar-refractivity contribution is 7.15. The molecule has 1 aromatic heterocycles. The monoisotopic (exact) mass is 564 g/mol. The van der Waals surface area contributed by atoms with Crippen LogP contribution in [0.1, 0.15) is 50.7 Å². The molecule has 202 valence electrons. The first kappa shape index (κ1) is 23.8. The van der Waals surface area contributed by atoms with E-state index in [0.29, 0.717) is 0 Å². The molecule has 2 unspecified atom stereocenters. The first-order chi connectivity index (χ1) is 21.1. The molecule has 7 aromatic rings. The Morgan fingerprint density at radius 1 is 0.488 bits per heavy atom. The van der Waals surface area contributed by atoms with Gasteiger partial charge in [0.15, 0.2) is 0 Å². The zero-order chi connectivity index (χ0) is 28.5. The van der Waals surface area contributed by atoms with Crippen LogP contribution in [0.25, 0.3) is 43.5 Å². The minimum atomic E-state index is -0.361. The smallest absolute Gasteiger partial charge is 0.0719 e. The van der Waals surface area contributed by atoms with Crippen LogP contribution in [0.4, 0.5) is 0 Å². The molecule has 10 rings (SSSR count). The standard InChI is InChI=1S/C42H28S/c1-25-20-23-37(43-25)32-24-36-38(29-16-7-6-14-27(29)32)31-22-21-30-28-15-8-9-17-33(28)42(26-12-4-3-5-13-26)35-19-11-10-18-34(35)41(36,2)39(31)40(30)42/h3-24H,1-2H3. The predicted molar refractivity (Wildman–Crippen MR) is 180 cm³/mol. The molecule has 0 fully saturated rings. The summed E-state index contributed by atoms with van der Waals surface area (Å²) in [5.41, 5.74) is 16.2. The fraction of sp³-hybridized carbons (Fsp3) is 0.0952. The lowest BCUT2D eigenvalue weighted by molar-refractivity contribution is 0.612. The fourth-order valence-corrected chi connectivity index (χ4v) is 9.95. The Morgan fingerprint density at radius 3 is 1.95 bits per heavy atom. The third-order valence-electron chi connectivity index (χ3n) is 10.6. The van der Waals surface area contributed by atoms with Crippen molar-refractivity contribution in [1.29, 1.82) is 0 Å². The molecule has 0 radical (unpaired) electrons. The highest BCUT2D eigenvalue weighted by Gasteiger charge is 2.58. The molecular weight excluding hydrogens is 537 g/mol. The van der Waals surface area contributed by atoms with Crippen LogP contribution in [0.5, 0.6) is 0 Å². The highest BCUT2D eigenvalue weighted by Crippen LogP contribution is 2.69. The number of hydrogen-bond acceptors (Lipinski definition) is 1. The molecule has 3 aliphatic carbocycles. The van der Waals surface area contributed by atoms with Gasteiger partial charge in [-0.05, 0) is 110 Å². The van der Waals surface area contributed by atoms with Crippen LogP contribution in [0.3, 0.4) is 0 Å². The molecule has 0 amide bonds. The zero-order valence-electron chi connectivity index (χ0n) is 24.1. The van der Waals surface area contributed by atoms with Crippen LogP contribution in [-0.2, 0) is 10.8 Å². The van der Waals surface area contributed by atoms with Crippen molar-refractivity contribution >= 4 is 22.1 Å². The highest BCUT2D eigenvalue weighted by atomic mass is 32.1. The van der Waals surface area contributed by atoms with Gasteiger partial charge in [-0.15, -0.1) is 11.3 Å². The van der Waals surface area contributed by atoms with E-state index < -0.39 is 0 Å². The molecule has 0 bridgehead atoms. The molecule has 43 heavy (non-hydrogen) atoms. The Balaban J connectivity index is 1.43. The summed E-state index contributed by atoms with van der Waals surface area (Å²) in [6, 6.07) is 50.8. The van der Waals surface area contributed by atoms with Crippen LogP contribution in [-0.4, -0.2) is 0 Å². The lowest BCUT2D eigenvalue weighted by atomic mass is 9.55. The van der Waals surface area contributed by atoms with Gasteiger partial charge in [0.1, 0.15) is 0 Å². The number of benzene rings is 6. The summed E-state index contributed by atoms with van der Waals surface area (Å²) in [6.07, 6.45) is 0. The lowest BCUT2D eigenvalue weighted by Gasteiger charge is -2.46. The Hall–Kier alpha value is -4.72. The molecule has 0 saturated heterocycles. The van der Waals surface area contributed by atoms with Gasteiger partial charge in [-0.2, -0.15) is 0 Å². The van der Waals surface area contributed by atoms with E-state index in [2.05, 4.69) is 147 Å². The number of aryl methyl sites for hydroxylation is 1. The van der Waals surface area contributed by atoms with Crippen LogP contribution >= 0.6 is 11.3 Å². The normalized spacial score (nSPS) is 20.0. The molecule has 6 aromatic carbocycles. The summed E-state index contributed by atoms with van der Waals surface area (Å²) in [4.78, 5) is 2.69. The summed E-state index contributed by atoms with van der Waals surface area (Å²) in [5.74, 6) is 0. The van der Waals surface area contributed by atoms with E-state index >= 15 is 0 Å². The summed E-state index contributed by atoms with van der Waals surface area (Å²) in [5, 5.41) is 2.69. The zero-order valence-corrected chi connectivity index (χ0v) is 24.9. The molecule has 0 nitrogen and oxygen atoms in total. The second-order valence-electron chi connectivity index (χ2n) is 12.5. The Kier molecular flexibility index (Phi) is 4.43. The van der Waals surface area contributed by atoms with Gasteiger partial charge in [-0.25, -0.2) is 0 Å². The summed E-state index contributed by atoms with van der Waals surface area (Å²) >= 11 is 1.90. The second-order valence-corrected chi connectivity index (χ2v) is 13.8. The van der Waals surface area contributed by atoms with Crippen LogP contribution in [0, 0.1) is 6.92 Å². The van der Waals surface area contributed by atoms with E-state index in [1.807, 2.05) is 11.3 Å². The number of hydrogen-bond donors (Lipinski definition) is 0. The van der Waals surface area contributed by atoms with Crippen LogP contribution in [0.15, 0.2) is 133 Å². The lowest BCUT2D eigenvalue weighted by Crippen LogP contribution is -2.41. The van der Waals surface area contributed by atoms with E-state index in [4.69, 9.17) is 0 Å². The molecule has 1 heterocycles. The van der Waals surface area contributed by atoms with Crippen molar-refractivity contribution in [2.45, 2.75) is 24.7 Å². The maximum atomic E-state index is 2.55. The largest absolute Gasteiger partial charge is 0.141 e. The van der Waals surface area contributed by atoms with E-state index in [0.717, 1.165) is 0 Å². The quantitative estimate of drug-likeness (QED) is 0.196. The van der Waals surface area contributed by atoms with E-state index in [1.54, 1.807) is 0 Å². The average Bonchev–Trinajstić information content (AvgIpc) is 3.70. The van der Waals surface area contributed by atoms with Crippen LogP contribution < -0.4 is 0 Å². The number of rotatable bonds is 2. The van der Waals surface area contributed by atoms with Crippen LogP contribution in [0.2, 0.25) is 0 Å². The predicted octanol–water partition coefficient (Wildman–Crippen LogP) is 10.9. The van der Waals surface area contributed by atoms with Gasteiger partial charge in [0.2, 0.25) is 0 Å². The SMILES string of the molecule is Cc1ccc(-c2cc3c(c4ccccc24)-c2ccc4c5c2C3(C)c2ccccc2C5(c2ccccc2)c2ccccc2-4)s1. The van der Waals surface area contributed by atoms with Gasteiger partial charge >= 0.3 is 0 Å². The second kappa shape index (κ2) is 8.01. The molecule has 0 aliphatic heterocycles. The summed E-state index contributed by atoms with van der Waals surface area (Å²) in [6.45, 7) is 4.72. The topological polar surface area (TPSA) is 0 Å². The van der Waals surface area contributed by atoms with Crippen molar-refractivity contribution in [3.05, 3.63) is 177 Å². The number of fused-ring (bicyclic) bond motifs is 11. The van der Waals surface area contributed by atoms with Gasteiger partial charge in [-0.1, -0.05) is 115 Å². The Morgan fingerprint density at radius 2 is 1.16 bits per heavy atom. The molecule has 0 spiro atoms. The molecule has 0 N–H and O–H groups in total. The molecular formula is C42H28S. The Labute approximate surface area is 255 Å². The van der Waals surface area contributed by atoms with Crippen molar-refractivity contribution in [3.8, 4) is 32.7 Å². The van der Waals surface area contributed by atoms with E-state index in [1.165, 1.54) is 87.3 Å².